The Morgan fingerprint density at radius 3 is 1.81 bits per heavy atom. The average Bonchev–Trinajstić information content (AvgIpc) is 2.69. The van der Waals surface area contributed by atoms with Gasteiger partial charge in [0.2, 0.25) is 0 Å². The molecular weight excluding hydrogens is 365 g/mol. The maximum absolute atomic E-state index is 5.04. The Morgan fingerprint density at radius 1 is 0.938 bits per heavy atom. The summed E-state index contributed by atoms with van der Waals surface area (Å²) in [5.41, 5.74) is 1.34. The molecule has 2 rings (SSSR count). The van der Waals surface area contributed by atoms with Gasteiger partial charge in [0.25, 0.3) is 0 Å². The topological polar surface area (TPSA) is 0 Å². The number of allylic oxidation sites excluding steroid dienone is 4. The van der Waals surface area contributed by atoms with Crippen LogP contribution in [0.1, 0.15) is 11.5 Å². The van der Waals surface area contributed by atoms with Gasteiger partial charge in [-0.2, -0.15) is 0 Å². The second-order valence-corrected chi connectivity index (χ2v) is 25.4. The molecule has 0 aromatic heterocycles. The van der Waals surface area contributed by atoms with Gasteiger partial charge in [0.15, 0.2) is 0 Å². The first kappa shape index (κ1) is 14.8. The van der Waals surface area contributed by atoms with E-state index in [0.29, 0.717) is 5.92 Å². The van der Waals surface area contributed by atoms with Crippen LogP contribution in [0, 0.1) is 6.07 Å². The summed E-state index contributed by atoms with van der Waals surface area (Å²) in [6, 6.07) is 11.1. The molecule has 0 nitrogen and oxygen atoms in total. The molecule has 0 fully saturated rings. The van der Waals surface area contributed by atoms with Crippen molar-refractivity contribution < 1.29 is 15.5 Å². The molecule has 0 amide bonds. The first-order valence-corrected chi connectivity index (χ1v) is 17.2. The van der Waals surface area contributed by atoms with E-state index in [0.717, 1.165) is 0 Å². The number of hydrogen-bond acceptors (Lipinski definition) is 0. The molecule has 1 aliphatic carbocycles. The van der Waals surface area contributed by atoms with Gasteiger partial charge < -0.3 is 0 Å². The van der Waals surface area contributed by atoms with E-state index in [1.54, 1.807) is 0 Å². The van der Waals surface area contributed by atoms with Crippen LogP contribution < -0.4 is 0 Å². The summed E-state index contributed by atoms with van der Waals surface area (Å²) in [7, 11) is 20.1. The van der Waals surface area contributed by atoms with Crippen molar-refractivity contribution >= 4 is 34.1 Å². The Labute approximate surface area is 114 Å². The largest absolute Gasteiger partial charge is 0.0732 e. The third kappa shape index (κ3) is 7.14. The molecule has 85 valence electrons. The minimum atomic E-state index is -3.29. The number of rotatable bonds is 1. The number of benzene rings is 1. The van der Waals surface area contributed by atoms with Gasteiger partial charge in [0.1, 0.15) is 0 Å². The maximum atomic E-state index is 5.04. The van der Waals surface area contributed by atoms with E-state index in [4.69, 9.17) is 34.1 Å². The number of halogens is 4. The summed E-state index contributed by atoms with van der Waals surface area (Å²) in [6.45, 7) is 0. The van der Waals surface area contributed by atoms with Crippen LogP contribution in [0.5, 0.6) is 0 Å². The zero-order valence-corrected chi connectivity index (χ0v) is 13.7. The van der Waals surface area contributed by atoms with E-state index in [1.807, 2.05) is 12.1 Å². The Balaban J connectivity index is 0.000000221. The smallest absolute Gasteiger partial charge is 0.0204 e. The first-order valence-electron chi connectivity index (χ1n) is 4.53. The molecule has 0 atom stereocenters. The van der Waals surface area contributed by atoms with E-state index in [-0.39, 0.29) is 0 Å². The van der Waals surface area contributed by atoms with E-state index in [2.05, 4.69) is 42.5 Å². The predicted molar refractivity (Wildman–Crippen MR) is 69.7 cm³/mol. The summed E-state index contributed by atoms with van der Waals surface area (Å²) in [5, 5.41) is 0. The van der Waals surface area contributed by atoms with Gasteiger partial charge in [0, 0.05) is 5.92 Å². The molecule has 1 radical (unpaired) electrons. The standard InChI is InChI=1S/C11H9.4ClH.Zr/c1-2-6-10(7-3-1)11-8-4-5-9-11;;;;;/h2-9,11H;4*1H;/q;;;;;+4/p-4. The Kier molecular flexibility index (Phi) is 6.70. The third-order valence-electron chi connectivity index (χ3n) is 1.88. The van der Waals surface area contributed by atoms with Crippen LogP contribution in [0.3, 0.4) is 0 Å². The maximum Gasteiger partial charge on any atom is 0.0204 e. The second kappa shape index (κ2) is 7.24. The number of hydrogen-bond donors (Lipinski definition) is 0. The van der Waals surface area contributed by atoms with Crippen LogP contribution in [0.25, 0.3) is 0 Å². The van der Waals surface area contributed by atoms with Crippen LogP contribution in [0.15, 0.2) is 48.6 Å². The van der Waals surface area contributed by atoms with Crippen LogP contribution in [0.2, 0.25) is 0 Å². The average molecular weight is 374 g/mol. The molecule has 1 aromatic carbocycles. The molecule has 0 unspecified atom stereocenters. The van der Waals surface area contributed by atoms with Gasteiger partial charge in [-0.15, -0.1) is 0 Å². The predicted octanol–water partition coefficient (Wildman–Crippen LogP) is 5.45. The van der Waals surface area contributed by atoms with Crippen LogP contribution in [-0.4, -0.2) is 0 Å². The molecule has 0 N–H and O–H groups in total. The zero-order chi connectivity index (χ0) is 12.0. The Morgan fingerprint density at radius 2 is 1.38 bits per heavy atom. The Hall–Kier alpha value is 0.743. The molecule has 1 aromatic rings. The van der Waals surface area contributed by atoms with Gasteiger partial charge in [-0.1, -0.05) is 48.6 Å². The molecule has 16 heavy (non-hydrogen) atoms. The second-order valence-electron chi connectivity index (χ2n) is 3.06. The molecule has 0 heterocycles. The van der Waals surface area contributed by atoms with Gasteiger partial charge in [-0.25, -0.2) is 0 Å². The van der Waals surface area contributed by atoms with Crippen molar-refractivity contribution in [3.63, 3.8) is 0 Å². The molecule has 0 saturated heterocycles. The van der Waals surface area contributed by atoms with Crippen LogP contribution in [-0.2, 0) is 15.5 Å². The summed E-state index contributed by atoms with van der Waals surface area (Å²) in [4.78, 5) is 0. The van der Waals surface area contributed by atoms with Gasteiger partial charge in [-0.05, 0) is 11.6 Å². The molecule has 0 aliphatic heterocycles. The van der Waals surface area contributed by atoms with Crippen molar-refractivity contribution in [3.8, 4) is 0 Å². The third-order valence-corrected chi connectivity index (χ3v) is 1.88. The van der Waals surface area contributed by atoms with Crippen LogP contribution >= 0.6 is 34.1 Å². The van der Waals surface area contributed by atoms with Crippen molar-refractivity contribution in [3.05, 3.63) is 60.2 Å². The summed E-state index contributed by atoms with van der Waals surface area (Å²) in [5.74, 6) is 0.490. The zero-order valence-electron chi connectivity index (χ0n) is 8.21. The molecule has 0 bridgehead atoms. The van der Waals surface area contributed by atoms with Gasteiger partial charge >= 0.3 is 49.5 Å². The fourth-order valence-corrected chi connectivity index (χ4v) is 1.28. The molecular formula is C11H9Cl4Zr. The molecule has 0 saturated carbocycles. The van der Waals surface area contributed by atoms with Crippen molar-refractivity contribution in [1.82, 2.24) is 0 Å². The van der Waals surface area contributed by atoms with E-state index >= 15 is 0 Å². The van der Waals surface area contributed by atoms with Crippen molar-refractivity contribution in [2.75, 3.05) is 0 Å². The van der Waals surface area contributed by atoms with Gasteiger partial charge in [0.05, 0.1) is 0 Å². The summed E-state index contributed by atoms with van der Waals surface area (Å²) in [6.07, 6.45) is 8.55. The molecule has 0 spiro atoms. The van der Waals surface area contributed by atoms with Crippen molar-refractivity contribution in [2.24, 2.45) is 0 Å². The quantitative estimate of drug-likeness (QED) is 0.613. The van der Waals surface area contributed by atoms with E-state index in [9.17, 15) is 0 Å². The SMILES string of the molecule is [Cl][Zr]([Cl])([Cl])[Cl].[c]1ccc(C2C=CC=C2)cc1. The fraction of sp³-hybridized carbons (Fsp3) is 0.0909. The van der Waals surface area contributed by atoms with Crippen molar-refractivity contribution in [1.29, 1.82) is 0 Å². The van der Waals surface area contributed by atoms with Gasteiger partial charge in [-0.3, -0.25) is 0 Å². The molecule has 5 heteroatoms. The Bertz CT molecular complexity index is 349. The molecule has 1 aliphatic rings. The summed E-state index contributed by atoms with van der Waals surface area (Å²) < 4.78 is 0. The normalized spacial score (nSPS) is 14.8. The fourth-order valence-electron chi connectivity index (χ4n) is 1.28. The minimum Gasteiger partial charge on any atom is -0.0732 e. The van der Waals surface area contributed by atoms with Crippen LogP contribution in [0.4, 0.5) is 0 Å². The summed E-state index contributed by atoms with van der Waals surface area (Å²) >= 11 is -3.29. The van der Waals surface area contributed by atoms with E-state index in [1.165, 1.54) is 5.56 Å². The van der Waals surface area contributed by atoms with E-state index < -0.39 is 15.5 Å². The first-order chi connectivity index (χ1) is 7.47. The van der Waals surface area contributed by atoms with Crippen molar-refractivity contribution in [2.45, 2.75) is 5.92 Å². The minimum absolute atomic E-state index is 0.490. The monoisotopic (exact) mass is 371 g/mol.